The van der Waals surface area contributed by atoms with Crippen molar-refractivity contribution >= 4 is 11.9 Å². The first kappa shape index (κ1) is 10.6. The number of hydrogen-bond donors (Lipinski definition) is 0. The lowest BCUT2D eigenvalue weighted by molar-refractivity contribution is -0.153. The van der Waals surface area contributed by atoms with Gasteiger partial charge in [-0.05, 0) is 6.42 Å². The average molecular weight is 168 g/mol. The summed E-state index contributed by atoms with van der Waals surface area (Å²) >= 11 is 0. The minimum Gasteiger partial charge on any atom is -0.386 e. The second kappa shape index (κ2) is 5.29. The van der Waals surface area contributed by atoms with E-state index in [1.165, 1.54) is 0 Å². The largest absolute Gasteiger partial charge is 0.386 e. The Bertz CT molecular complexity index is 216. The highest BCUT2D eigenvalue weighted by Crippen LogP contribution is 2.03. The first-order valence-corrected chi connectivity index (χ1v) is 3.68. The average Bonchev–Trinajstić information content (AvgIpc) is 2.04. The molecule has 0 unspecified atom stereocenters. The molecule has 0 aromatic rings. The summed E-state index contributed by atoms with van der Waals surface area (Å²) < 4.78 is 4.32. The summed E-state index contributed by atoms with van der Waals surface area (Å²) in [6.07, 6.45) is 2.29. The zero-order chi connectivity index (χ0) is 9.56. The lowest BCUT2D eigenvalue weighted by Crippen LogP contribution is -2.11. The predicted octanol–water partition coefficient (Wildman–Crippen LogP) is 1.60. The highest BCUT2D eigenvalue weighted by atomic mass is 16.6. The lowest BCUT2D eigenvalue weighted by Gasteiger charge is -2.00. The fourth-order valence-corrected chi connectivity index (χ4v) is 0.609. The number of carbonyl (C=O) groups is 2. The molecule has 3 nitrogen and oxygen atoms in total. The topological polar surface area (TPSA) is 43.4 Å². The normalized spacial score (nSPS) is 8.75. The van der Waals surface area contributed by atoms with E-state index >= 15 is 0 Å². The van der Waals surface area contributed by atoms with Crippen LogP contribution in [0.1, 0.15) is 19.8 Å². The highest BCUT2D eigenvalue weighted by molar-refractivity contribution is 5.98. The minimum atomic E-state index is -0.739. The van der Waals surface area contributed by atoms with E-state index < -0.39 is 11.9 Å². The van der Waals surface area contributed by atoms with Gasteiger partial charge in [0.2, 0.25) is 0 Å². The molecule has 0 saturated heterocycles. The highest BCUT2D eigenvalue weighted by Gasteiger charge is 2.10. The van der Waals surface area contributed by atoms with Crippen molar-refractivity contribution in [2.24, 2.45) is 0 Å². The molecule has 12 heavy (non-hydrogen) atoms. The third-order valence-corrected chi connectivity index (χ3v) is 1.20. The number of ether oxygens (including phenoxy) is 1. The molecule has 0 amide bonds. The molecule has 0 saturated carbocycles. The van der Waals surface area contributed by atoms with E-state index in [-0.39, 0.29) is 0 Å². The van der Waals surface area contributed by atoms with Gasteiger partial charge in [-0.2, -0.15) is 0 Å². The molecule has 0 rings (SSSR count). The fourth-order valence-electron chi connectivity index (χ4n) is 0.609. The van der Waals surface area contributed by atoms with E-state index in [9.17, 15) is 9.59 Å². The van der Waals surface area contributed by atoms with E-state index in [0.717, 1.165) is 12.5 Å². The van der Waals surface area contributed by atoms with E-state index in [4.69, 9.17) is 0 Å². The van der Waals surface area contributed by atoms with Crippen LogP contribution in [0.25, 0.3) is 0 Å². The molecule has 0 atom stereocenters. The second-order valence-corrected chi connectivity index (χ2v) is 2.27. The number of carbonyl (C=O) groups excluding carboxylic acids is 2. The van der Waals surface area contributed by atoms with Gasteiger partial charge < -0.3 is 4.74 Å². The summed E-state index contributed by atoms with van der Waals surface area (Å²) in [7, 11) is 0. The summed E-state index contributed by atoms with van der Waals surface area (Å²) in [4.78, 5) is 21.4. The lowest BCUT2D eigenvalue weighted by atomic mass is 10.2. The number of rotatable bonds is 4. The van der Waals surface area contributed by atoms with Crippen molar-refractivity contribution in [1.82, 2.24) is 0 Å². The SMILES string of the molecule is C=CC(=O)OC(=O)C(=C)CCC. The van der Waals surface area contributed by atoms with Gasteiger partial charge in [-0.3, -0.25) is 0 Å². The quantitative estimate of drug-likeness (QED) is 0.364. The molecule has 0 aliphatic heterocycles. The van der Waals surface area contributed by atoms with Crippen LogP contribution in [-0.4, -0.2) is 11.9 Å². The molecular weight excluding hydrogens is 156 g/mol. The summed E-state index contributed by atoms with van der Waals surface area (Å²) in [5.74, 6) is -1.40. The summed E-state index contributed by atoms with van der Waals surface area (Å²) in [5.41, 5.74) is 0.313. The van der Waals surface area contributed by atoms with Crippen molar-refractivity contribution in [3.8, 4) is 0 Å². The Morgan fingerprint density at radius 3 is 2.50 bits per heavy atom. The Kier molecular flexibility index (Phi) is 4.69. The van der Waals surface area contributed by atoms with Crippen LogP contribution >= 0.6 is 0 Å². The van der Waals surface area contributed by atoms with Gasteiger partial charge in [-0.15, -0.1) is 0 Å². The molecule has 0 aromatic carbocycles. The van der Waals surface area contributed by atoms with Crippen LogP contribution in [0.5, 0.6) is 0 Å². The molecule has 0 aliphatic carbocycles. The summed E-state index contributed by atoms with van der Waals surface area (Å²) in [6, 6.07) is 0. The van der Waals surface area contributed by atoms with Crippen molar-refractivity contribution < 1.29 is 14.3 Å². The van der Waals surface area contributed by atoms with Gasteiger partial charge in [-0.1, -0.05) is 26.5 Å². The molecule has 0 fully saturated rings. The van der Waals surface area contributed by atoms with Crippen LogP contribution in [0, 0.1) is 0 Å². The minimum absolute atomic E-state index is 0.313. The molecule has 0 aliphatic rings. The Balaban J connectivity index is 3.95. The van der Waals surface area contributed by atoms with Crippen molar-refractivity contribution in [1.29, 1.82) is 0 Å². The Morgan fingerprint density at radius 1 is 1.50 bits per heavy atom. The van der Waals surface area contributed by atoms with Crippen LogP contribution < -0.4 is 0 Å². The fraction of sp³-hybridized carbons (Fsp3) is 0.333. The third-order valence-electron chi connectivity index (χ3n) is 1.20. The van der Waals surface area contributed by atoms with Crippen LogP contribution in [0.3, 0.4) is 0 Å². The van der Waals surface area contributed by atoms with Gasteiger partial charge in [0.1, 0.15) is 0 Å². The van der Waals surface area contributed by atoms with Gasteiger partial charge in [0.05, 0.1) is 0 Å². The van der Waals surface area contributed by atoms with E-state index in [0.29, 0.717) is 12.0 Å². The van der Waals surface area contributed by atoms with Crippen molar-refractivity contribution in [2.45, 2.75) is 19.8 Å². The molecule has 0 radical (unpaired) electrons. The molecule has 0 heterocycles. The Hall–Kier alpha value is -1.38. The molecule has 66 valence electrons. The van der Waals surface area contributed by atoms with Crippen molar-refractivity contribution in [3.63, 3.8) is 0 Å². The molecule has 3 heteroatoms. The maximum absolute atomic E-state index is 10.9. The van der Waals surface area contributed by atoms with Gasteiger partial charge in [0.15, 0.2) is 0 Å². The van der Waals surface area contributed by atoms with Crippen LogP contribution in [0.2, 0.25) is 0 Å². The molecule has 0 aromatic heterocycles. The number of esters is 2. The zero-order valence-corrected chi connectivity index (χ0v) is 7.13. The molecular formula is C9H12O3. The van der Waals surface area contributed by atoms with Crippen LogP contribution in [-0.2, 0) is 14.3 Å². The predicted molar refractivity (Wildman–Crippen MR) is 45.3 cm³/mol. The van der Waals surface area contributed by atoms with E-state index in [1.807, 2.05) is 6.92 Å². The molecule has 0 spiro atoms. The zero-order valence-electron chi connectivity index (χ0n) is 7.13. The van der Waals surface area contributed by atoms with Gasteiger partial charge >= 0.3 is 11.9 Å². The maximum atomic E-state index is 10.9. The van der Waals surface area contributed by atoms with Crippen molar-refractivity contribution in [2.75, 3.05) is 0 Å². The van der Waals surface area contributed by atoms with E-state index in [1.54, 1.807) is 0 Å². The third kappa shape index (κ3) is 3.71. The van der Waals surface area contributed by atoms with Crippen LogP contribution in [0.4, 0.5) is 0 Å². The maximum Gasteiger partial charge on any atom is 0.341 e. The van der Waals surface area contributed by atoms with Crippen molar-refractivity contribution in [3.05, 3.63) is 24.8 Å². The smallest absolute Gasteiger partial charge is 0.341 e. The second-order valence-electron chi connectivity index (χ2n) is 2.27. The monoisotopic (exact) mass is 168 g/mol. The summed E-state index contributed by atoms with van der Waals surface area (Å²) in [5, 5.41) is 0. The molecule has 0 N–H and O–H groups in total. The van der Waals surface area contributed by atoms with E-state index in [2.05, 4.69) is 17.9 Å². The first-order valence-electron chi connectivity index (χ1n) is 3.68. The van der Waals surface area contributed by atoms with Gasteiger partial charge in [-0.25, -0.2) is 9.59 Å². The summed E-state index contributed by atoms with van der Waals surface area (Å²) in [6.45, 7) is 8.54. The Morgan fingerprint density at radius 2 is 2.08 bits per heavy atom. The van der Waals surface area contributed by atoms with Crippen LogP contribution in [0.15, 0.2) is 24.8 Å². The number of hydrogen-bond acceptors (Lipinski definition) is 3. The van der Waals surface area contributed by atoms with Gasteiger partial charge in [0.25, 0.3) is 0 Å². The first-order chi connectivity index (χ1) is 5.61. The van der Waals surface area contributed by atoms with Gasteiger partial charge in [0, 0.05) is 11.6 Å². The molecule has 0 bridgehead atoms. The Labute approximate surface area is 71.7 Å². The standard InChI is InChI=1S/C9H12O3/c1-4-6-7(3)9(11)12-8(10)5-2/h5H,2-4,6H2,1H3.